The fourth-order valence-electron chi connectivity index (χ4n) is 1.97. The van der Waals surface area contributed by atoms with Crippen LogP contribution in [0.2, 0.25) is 0 Å². The molecule has 0 saturated carbocycles. The van der Waals surface area contributed by atoms with Gasteiger partial charge in [0.15, 0.2) is 0 Å². The maximum atomic E-state index is 12.1. The number of carbonyl (C=O) groups excluding carboxylic acids is 2. The van der Waals surface area contributed by atoms with E-state index in [9.17, 15) is 9.59 Å². The second kappa shape index (κ2) is 7.74. The first-order valence-electron chi connectivity index (χ1n) is 7.33. The molecule has 0 radical (unpaired) electrons. The monoisotopic (exact) mass is 329 g/mol. The fourth-order valence-corrected chi connectivity index (χ4v) is 2.87. The van der Waals surface area contributed by atoms with Crippen LogP contribution in [0.4, 0.5) is 5.00 Å². The summed E-state index contributed by atoms with van der Waals surface area (Å²) in [5, 5.41) is 3.26. The normalized spacial score (nSPS) is 10.7. The van der Waals surface area contributed by atoms with E-state index in [1.54, 1.807) is 19.1 Å². The predicted molar refractivity (Wildman–Crippen MR) is 93.9 cm³/mol. The molecule has 2 rings (SSSR count). The minimum atomic E-state index is -0.422. The zero-order valence-electron chi connectivity index (χ0n) is 13.4. The second-order valence-corrected chi connectivity index (χ2v) is 6.31. The number of nitrogens with one attached hydrogen (secondary N) is 1. The maximum absolute atomic E-state index is 12.1. The Kier molecular flexibility index (Phi) is 5.71. The number of ether oxygens (including phenoxy) is 1. The molecule has 0 unspecified atom stereocenters. The van der Waals surface area contributed by atoms with E-state index in [4.69, 9.17) is 4.74 Å². The van der Waals surface area contributed by atoms with Gasteiger partial charge >= 0.3 is 5.97 Å². The summed E-state index contributed by atoms with van der Waals surface area (Å²) < 4.78 is 5.00. The smallest absolute Gasteiger partial charge is 0.341 e. The molecule has 1 amide bonds. The Labute approximate surface area is 139 Å². The summed E-state index contributed by atoms with van der Waals surface area (Å²) in [5.41, 5.74) is 2.50. The Morgan fingerprint density at radius 2 is 1.91 bits per heavy atom. The summed E-state index contributed by atoms with van der Waals surface area (Å²) in [5.74, 6) is -0.701. The van der Waals surface area contributed by atoms with E-state index >= 15 is 0 Å². The van der Waals surface area contributed by atoms with Crippen molar-refractivity contribution in [3.05, 3.63) is 58.0 Å². The SMILES string of the molecule is CCOC(=O)c1cc(C)sc1NC(=O)/C=C/c1ccc(C)cc1. The summed E-state index contributed by atoms with van der Waals surface area (Å²) in [6, 6.07) is 9.58. The number of thiophene rings is 1. The second-order valence-electron chi connectivity index (χ2n) is 5.05. The number of amides is 1. The third-order valence-corrected chi connectivity index (χ3v) is 4.06. The summed E-state index contributed by atoms with van der Waals surface area (Å²) >= 11 is 1.35. The van der Waals surface area contributed by atoms with Gasteiger partial charge in [0.2, 0.25) is 5.91 Å². The van der Waals surface area contributed by atoms with E-state index in [1.165, 1.54) is 23.0 Å². The van der Waals surface area contributed by atoms with Crippen LogP contribution in [0, 0.1) is 13.8 Å². The number of hydrogen-bond donors (Lipinski definition) is 1. The van der Waals surface area contributed by atoms with E-state index in [-0.39, 0.29) is 5.91 Å². The lowest BCUT2D eigenvalue weighted by molar-refractivity contribution is -0.111. The first kappa shape index (κ1) is 17.0. The van der Waals surface area contributed by atoms with Crippen LogP contribution >= 0.6 is 11.3 Å². The maximum Gasteiger partial charge on any atom is 0.341 e. The Balaban J connectivity index is 2.08. The molecule has 5 heteroatoms. The molecule has 0 saturated heterocycles. The molecule has 0 aliphatic heterocycles. The number of anilines is 1. The van der Waals surface area contributed by atoms with Gasteiger partial charge in [-0.2, -0.15) is 0 Å². The molecular formula is C18H19NO3S. The van der Waals surface area contributed by atoms with E-state index in [1.807, 2.05) is 38.1 Å². The lowest BCUT2D eigenvalue weighted by Crippen LogP contribution is -2.11. The first-order valence-corrected chi connectivity index (χ1v) is 8.14. The van der Waals surface area contributed by atoms with Gasteiger partial charge in [0.25, 0.3) is 0 Å². The van der Waals surface area contributed by atoms with E-state index in [2.05, 4.69) is 5.32 Å². The average molecular weight is 329 g/mol. The highest BCUT2D eigenvalue weighted by molar-refractivity contribution is 7.16. The molecule has 0 aliphatic carbocycles. The van der Waals surface area contributed by atoms with Crippen molar-refractivity contribution >= 4 is 34.3 Å². The Morgan fingerprint density at radius 1 is 1.22 bits per heavy atom. The highest BCUT2D eigenvalue weighted by atomic mass is 32.1. The third-order valence-electron chi connectivity index (χ3n) is 3.09. The van der Waals surface area contributed by atoms with Crippen molar-refractivity contribution in [2.45, 2.75) is 20.8 Å². The van der Waals surface area contributed by atoms with Gasteiger partial charge in [0.05, 0.1) is 12.2 Å². The van der Waals surface area contributed by atoms with Crippen LogP contribution in [-0.2, 0) is 9.53 Å². The molecule has 1 heterocycles. The van der Waals surface area contributed by atoms with Gasteiger partial charge in [0.1, 0.15) is 5.00 Å². The van der Waals surface area contributed by atoms with Gasteiger partial charge in [-0.1, -0.05) is 29.8 Å². The van der Waals surface area contributed by atoms with Gasteiger partial charge in [0, 0.05) is 11.0 Å². The zero-order chi connectivity index (χ0) is 16.8. The Morgan fingerprint density at radius 3 is 2.57 bits per heavy atom. The lowest BCUT2D eigenvalue weighted by Gasteiger charge is -2.04. The minimum Gasteiger partial charge on any atom is -0.462 e. The Hall–Kier alpha value is -2.40. The molecular weight excluding hydrogens is 310 g/mol. The first-order chi connectivity index (χ1) is 11.0. The summed E-state index contributed by atoms with van der Waals surface area (Å²) in [6.07, 6.45) is 3.19. The number of benzene rings is 1. The average Bonchev–Trinajstić information content (AvgIpc) is 2.87. The molecule has 4 nitrogen and oxygen atoms in total. The van der Waals surface area contributed by atoms with Crippen LogP contribution in [0.1, 0.15) is 33.3 Å². The van der Waals surface area contributed by atoms with Crippen LogP contribution in [0.15, 0.2) is 36.4 Å². The standard InChI is InChI=1S/C18H19NO3S/c1-4-22-18(21)15-11-13(3)23-17(15)19-16(20)10-9-14-7-5-12(2)6-8-14/h5-11H,4H2,1-3H3,(H,19,20)/b10-9+. The van der Waals surface area contributed by atoms with Gasteiger partial charge in [-0.3, -0.25) is 4.79 Å². The van der Waals surface area contributed by atoms with Crippen molar-refractivity contribution < 1.29 is 14.3 Å². The lowest BCUT2D eigenvalue weighted by atomic mass is 10.1. The van der Waals surface area contributed by atoms with Crippen LogP contribution < -0.4 is 5.32 Å². The number of aryl methyl sites for hydroxylation is 2. The summed E-state index contributed by atoms with van der Waals surface area (Å²) in [4.78, 5) is 24.9. The van der Waals surface area contributed by atoms with Gasteiger partial charge in [-0.05, 0) is 38.5 Å². The van der Waals surface area contributed by atoms with E-state index in [0.717, 1.165) is 10.4 Å². The molecule has 1 aromatic heterocycles. The van der Waals surface area contributed by atoms with Crippen molar-refractivity contribution in [2.24, 2.45) is 0 Å². The molecule has 120 valence electrons. The topological polar surface area (TPSA) is 55.4 Å². The third kappa shape index (κ3) is 4.79. The predicted octanol–water partition coefficient (Wildman–Crippen LogP) is 4.19. The van der Waals surface area contributed by atoms with Crippen LogP contribution in [-0.4, -0.2) is 18.5 Å². The molecule has 0 spiro atoms. The number of hydrogen-bond acceptors (Lipinski definition) is 4. The van der Waals surface area contributed by atoms with Crippen LogP contribution in [0.3, 0.4) is 0 Å². The van der Waals surface area contributed by atoms with Crippen LogP contribution in [0.25, 0.3) is 6.08 Å². The highest BCUT2D eigenvalue weighted by Crippen LogP contribution is 2.28. The summed E-state index contributed by atoms with van der Waals surface area (Å²) in [7, 11) is 0. The zero-order valence-corrected chi connectivity index (χ0v) is 14.2. The molecule has 1 N–H and O–H groups in total. The van der Waals surface area contributed by atoms with Crippen molar-refractivity contribution in [1.82, 2.24) is 0 Å². The quantitative estimate of drug-likeness (QED) is 0.661. The number of rotatable bonds is 5. The van der Waals surface area contributed by atoms with Gasteiger partial charge < -0.3 is 10.1 Å². The molecule has 0 aliphatic rings. The molecule has 0 atom stereocenters. The molecule has 0 bridgehead atoms. The van der Waals surface area contributed by atoms with E-state index < -0.39 is 5.97 Å². The van der Waals surface area contributed by atoms with Crippen molar-refractivity contribution in [3.8, 4) is 0 Å². The molecule has 0 fully saturated rings. The Bertz CT molecular complexity index is 729. The number of esters is 1. The van der Waals surface area contributed by atoms with Gasteiger partial charge in [-0.25, -0.2) is 4.79 Å². The van der Waals surface area contributed by atoms with Crippen LogP contribution in [0.5, 0.6) is 0 Å². The summed E-state index contributed by atoms with van der Waals surface area (Å²) in [6.45, 7) is 5.94. The van der Waals surface area contributed by atoms with Gasteiger partial charge in [-0.15, -0.1) is 11.3 Å². The molecule has 1 aromatic carbocycles. The van der Waals surface area contributed by atoms with Crippen molar-refractivity contribution in [3.63, 3.8) is 0 Å². The van der Waals surface area contributed by atoms with Crippen molar-refractivity contribution in [1.29, 1.82) is 0 Å². The largest absolute Gasteiger partial charge is 0.462 e. The molecule has 2 aromatic rings. The molecule has 23 heavy (non-hydrogen) atoms. The number of carbonyl (C=O) groups is 2. The fraction of sp³-hybridized carbons (Fsp3) is 0.222. The van der Waals surface area contributed by atoms with Crippen molar-refractivity contribution in [2.75, 3.05) is 11.9 Å². The van der Waals surface area contributed by atoms with E-state index in [0.29, 0.717) is 17.2 Å². The minimum absolute atomic E-state index is 0.280. The highest BCUT2D eigenvalue weighted by Gasteiger charge is 2.17.